The minimum absolute atomic E-state index is 0.00266. The number of ether oxygens (including phenoxy) is 3. The van der Waals surface area contributed by atoms with Gasteiger partial charge < -0.3 is 19.5 Å². The van der Waals surface area contributed by atoms with E-state index in [1.165, 1.54) is 12.0 Å². The molecule has 1 fully saturated rings. The van der Waals surface area contributed by atoms with Gasteiger partial charge in [-0.25, -0.2) is 9.59 Å². The molecule has 0 aliphatic carbocycles. The van der Waals surface area contributed by atoms with Crippen molar-refractivity contribution in [3.05, 3.63) is 78.4 Å². The first-order chi connectivity index (χ1) is 16.4. The highest BCUT2D eigenvalue weighted by Gasteiger charge is 2.56. The second-order valence-corrected chi connectivity index (χ2v) is 8.79. The Hall–Kier alpha value is -3.32. The zero-order chi connectivity index (χ0) is 24.6. The van der Waals surface area contributed by atoms with Crippen molar-refractivity contribution >= 4 is 12.1 Å². The SMILES string of the molecule is C=CCC1(C)C(CNCc2ccc(OC)cc2)CN(C(=O)OCc2ccccc2)C1C(=O)OC. The lowest BCUT2D eigenvalue weighted by Crippen LogP contribution is -2.48. The van der Waals surface area contributed by atoms with Crippen LogP contribution in [0, 0.1) is 11.3 Å². The van der Waals surface area contributed by atoms with Gasteiger partial charge in [0.05, 0.1) is 14.2 Å². The molecule has 3 rings (SSSR count). The molecular formula is C27H34N2O5. The first kappa shape index (κ1) is 25.3. The Balaban J connectivity index is 1.72. The van der Waals surface area contributed by atoms with Gasteiger partial charge in [-0.1, -0.05) is 55.5 Å². The lowest BCUT2D eigenvalue weighted by atomic mass is 9.72. The number of hydrogen-bond donors (Lipinski definition) is 1. The van der Waals surface area contributed by atoms with Crippen LogP contribution in [0.3, 0.4) is 0 Å². The molecule has 34 heavy (non-hydrogen) atoms. The van der Waals surface area contributed by atoms with Crippen LogP contribution in [0.2, 0.25) is 0 Å². The number of carbonyl (C=O) groups excluding carboxylic acids is 2. The van der Waals surface area contributed by atoms with Crippen molar-refractivity contribution < 1.29 is 23.8 Å². The number of rotatable bonds is 10. The van der Waals surface area contributed by atoms with E-state index in [1.807, 2.05) is 61.5 Å². The van der Waals surface area contributed by atoms with Crippen LogP contribution in [0.1, 0.15) is 24.5 Å². The van der Waals surface area contributed by atoms with Crippen LogP contribution in [0.4, 0.5) is 4.79 Å². The van der Waals surface area contributed by atoms with Crippen LogP contribution in [0.5, 0.6) is 5.75 Å². The molecule has 182 valence electrons. The smallest absolute Gasteiger partial charge is 0.410 e. The highest BCUT2D eigenvalue weighted by atomic mass is 16.6. The van der Waals surface area contributed by atoms with E-state index in [4.69, 9.17) is 14.2 Å². The quantitative estimate of drug-likeness (QED) is 0.418. The van der Waals surface area contributed by atoms with E-state index in [2.05, 4.69) is 11.9 Å². The molecule has 3 unspecified atom stereocenters. The fourth-order valence-corrected chi connectivity index (χ4v) is 4.64. The second-order valence-electron chi connectivity index (χ2n) is 8.79. The molecule has 0 radical (unpaired) electrons. The summed E-state index contributed by atoms with van der Waals surface area (Å²) >= 11 is 0. The Labute approximate surface area is 201 Å². The van der Waals surface area contributed by atoms with Gasteiger partial charge in [0.25, 0.3) is 0 Å². The van der Waals surface area contributed by atoms with Crippen molar-refractivity contribution in [2.45, 2.75) is 32.5 Å². The Morgan fingerprint density at radius 3 is 2.44 bits per heavy atom. The summed E-state index contributed by atoms with van der Waals surface area (Å²) in [4.78, 5) is 27.4. The molecule has 1 N–H and O–H groups in total. The molecule has 7 nitrogen and oxygen atoms in total. The van der Waals surface area contributed by atoms with Gasteiger partial charge in [-0.05, 0) is 35.6 Å². The van der Waals surface area contributed by atoms with Gasteiger partial charge in [-0.3, -0.25) is 4.90 Å². The molecule has 1 aliphatic heterocycles. The fraction of sp³-hybridized carbons (Fsp3) is 0.407. The predicted octanol–water partition coefficient (Wildman–Crippen LogP) is 4.18. The Morgan fingerprint density at radius 1 is 1.12 bits per heavy atom. The molecule has 7 heteroatoms. The van der Waals surface area contributed by atoms with Gasteiger partial charge in [0.1, 0.15) is 18.4 Å². The van der Waals surface area contributed by atoms with Crippen molar-refractivity contribution in [1.29, 1.82) is 0 Å². The largest absolute Gasteiger partial charge is 0.497 e. The molecule has 0 spiro atoms. The van der Waals surface area contributed by atoms with E-state index in [1.54, 1.807) is 13.2 Å². The van der Waals surface area contributed by atoms with E-state index in [0.29, 0.717) is 26.1 Å². The normalized spacial score (nSPS) is 21.7. The van der Waals surface area contributed by atoms with Gasteiger partial charge in [0.2, 0.25) is 0 Å². The van der Waals surface area contributed by atoms with E-state index in [0.717, 1.165) is 16.9 Å². The number of amides is 1. The van der Waals surface area contributed by atoms with E-state index >= 15 is 0 Å². The first-order valence-corrected chi connectivity index (χ1v) is 11.4. The fourth-order valence-electron chi connectivity index (χ4n) is 4.64. The average molecular weight is 467 g/mol. The van der Waals surface area contributed by atoms with Crippen molar-refractivity contribution in [3.8, 4) is 5.75 Å². The molecule has 1 saturated heterocycles. The summed E-state index contributed by atoms with van der Waals surface area (Å²) < 4.78 is 15.9. The monoisotopic (exact) mass is 466 g/mol. The van der Waals surface area contributed by atoms with Crippen LogP contribution in [0.25, 0.3) is 0 Å². The second kappa shape index (κ2) is 11.7. The number of carbonyl (C=O) groups is 2. The third kappa shape index (κ3) is 5.78. The van der Waals surface area contributed by atoms with Crippen molar-refractivity contribution in [3.63, 3.8) is 0 Å². The van der Waals surface area contributed by atoms with Gasteiger partial charge >= 0.3 is 12.1 Å². The number of methoxy groups -OCH3 is 2. The molecular weight excluding hydrogens is 432 g/mol. The summed E-state index contributed by atoms with van der Waals surface area (Å²) in [5, 5.41) is 3.48. The Morgan fingerprint density at radius 2 is 1.82 bits per heavy atom. The topological polar surface area (TPSA) is 77.1 Å². The first-order valence-electron chi connectivity index (χ1n) is 11.4. The van der Waals surface area contributed by atoms with Gasteiger partial charge in [0.15, 0.2) is 0 Å². The zero-order valence-corrected chi connectivity index (χ0v) is 20.2. The minimum atomic E-state index is -0.758. The molecule has 1 heterocycles. The maximum atomic E-state index is 13.1. The highest BCUT2D eigenvalue weighted by molar-refractivity contribution is 5.83. The van der Waals surface area contributed by atoms with E-state index in [-0.39, 0.29) is 12.5 Å². The van der Waals surface area contributed by atoms with Crippen molar-refractivity contribution in [2.75, 3.05) is 27.3 Å². The lowest BCUT2D eigenvalue weighted by Gasteiger charge is -2.35. The molecule has 3 atom stereocenters. The van der Waals surface area contributed by atoms with Crippen LogP contribution in [-0.2, 0) is 27.4 Å². The summed E-state index contributed by atoms with van der Waals surface area (Å²) in [6.07, 6.45) is 1.84. The number of nitrogens with one attached hydrogen (secondary N) is 1. The maximum Gasteiger partial charge on any atom is 0.410 e. The number of benzene rings is 2. The van der Waals surface area contributed by atoms with Gasteiger partial charge in [-0.15, -0.1) is 6.58 Å². The molecule has 0 aromatic heterocycles. The van der Waals surface area contributed by atoms with Gasteiger partial charge in [-0.2, -0.15) is 0 Å². The summed E-state index contributed by atoms with van der Waals surface area (Å²) in [7, 11) is 2.99. The number of likely N-dealkylation sites (tertiary alicyclic amines) is 1. The van der Waals surface area contributed by atoms with E-state index < -0.39 is 23.5 Å². The predicted molar refractivity (Wildman–Crippen MR) is 130 cm³/mol. The summed E-state index contributed by atoms with van der Waals surface area (Å²) in [6.45, 7) is 7.71. The average Bonchev–Trinajstić information content (AvgIpc) is 3.15. The maximum absolute atomic E-state index is 13.1. The minimum Gasteiger partial charge on any atom is -0.497 e. The number of esters is 1. The molecule has 0 bridgehead atoms. The Kier molecular flexibility index (Phi) is 8.71. The number of hydrogen-bond acceptors (Lipinski definition) is 6. The zero-order valence-electron chi connectivity index (χ0n) is 20.2. The van der Waals surface area contributed by atoms with Crippen LogP contribution in [0.15, 0.2) is 67.3 Å². The summed E-state index contributed by atoms with van der Waals surface area (Å²) in [6, 6.07) is 16.6. The van der Waals surface area contributed by atoms with E-state index in [9.17, 15) is 9.59 Å². The van der Waals surface area contributed by atoms with Gasteiger partial charge in [0, 0.05) is 25.0 Å². The standard InChI is InChI=1S/C27H34N2O5/c1-5-15-27(2)22(17-28-16-20-11-13-23(32-3)14-12-20)18-29(24(27)25(30)33-4)26(31)34-19-21-9-7-6-8-10-21/h5-14,22,24,28H,1,15-19H2,2-4H3. The third-order valence-electron chi connectivity index (χ3n) is 6.61. The van der Waals surface area contributed by atoms with Crippen LogP contribution in [-0.4, -0.2) is 50.3 Å². The third-order valence-corrected chi connectivity index (χ3v) is 6.61. The summed E-state index contributed by atoms with van der Waals surface area (Å²) in [5.74, 6) is 0.361. The molecule has 1 amide bonds. The molecule has 2 aromatic carbocycles. The van der Waals surface area contributed by atoms with Crippen molar-refractivity contribution in [1.82, 2.24) is 10.2 Å². The van der Waals surface area contributed by atoms with Crippen molar-refractivity contribution in [2.24, 2.45) is 11.3 Å². The molecule has 2 aromatic rings. The lowest BCUT2D eigenvalue weighted by molar-refractivity contribution is -0.149. The number of nitrogens with zero attached hydrogens (tertiary/aromatic N) is 1. The molecule has 0 saturated carbocycles. The highest BCUT2D eigenvalue weighted by Crippen LogP contribution is 2.45. The van der Waals surface area contributed by atoms with Crippen LogP contribution < -0.4 is 10.1 Å². The Bertz CT molecular complexity index is 963. The van der Waals surface area contributed by atoms with Crippen LogP contribution >= 0.6 is 0 Å². The number of allylic oxidation sites excluding steroid dienone is 1. The summed E-state index contributed by atoms with van der Waals surface area (Å²) in [5.41, 5.74) is 1.46. The molecule has 1 aliphatic rings.